The van der Waals surface area contributed by atoms with Gasteiger partial charge in [0.05, 0.1) is 12.2 Å². The third-order valence-corrected chi connectivity index (χ3v) is 5.68. The minimum atomic E-state index is -0.912. The van der Waals surface area contributed by atoms with Gasteiger partial charge in [0.1, 0.15) is 0 Å². The van der Waals surface area contributed by atoms with Crippen LogP contribution in [0.25, 0.3) is 0 Å². The number of carbonyl (C=O) groups excluding carboxylic acids is 2. The van der Waals surface area contributed by atoms with Gasteiger partial charge in [0, 0.05) is 25.1 Å². The van der Waals surface area contributed by atoms with Crippen LogP contribution < -0.4 is 10.6 Å². The van der Waals surface area contributed by atoms with Crippen LogP contribution in [0.2, 0.25) is 0 Å². The summed E-state index contributed by atoms with van der Waals surface area (Å²) in [5.41, 5.74) is 0. The first-order valence-corrected chi connectivity index (χ1v) is 10.7. The van der Waals surface area contributed by atoms with Crippen molar-refractivity contribution in [2.45, 2.75) is 70.5 Å². The first kappa shape index (κ1) is 23.2. The summed E-state index contributed by atoms with van der Waals surface area (Å²) in [5.74, 6) is -0.512. The van der Waals surface area contributed by atoms with E-state index < -0.39 is 12.1 Å². The van der Waals surface area contributed by atoms with Gasteiger partial charge < -0.3 is 25.2 Å². The molecule has 2 saturated heterocycles. The zero-order valence-electron chi connectivity index (χ0n) is 17.2. The SMILES string of the molecule is CCCCNC(=O)OCC(=O)NC[C@H]1[C@@H](CCCCC=CC(=O)O)[C@H]2CC[C@@H]1O2. The highest BCUT2D eigenvalue weighted by Crippen LogP contribution is 2.45. The number of hydrogen-bond donors (Lipinski definition) is 3. The lowest BCUT2D eigenvalue weighted by Crippen LogP contribution is -2.40. The summed E-state index contributed by atoms with van der Waals surface area (Å²) in [4.78, 5) is 34.0. The van der Waals surface area contributed by atoms with E-state index in [1.165, 1.54) is 6.08 Å². The lowest BCUT2D eigenvalue weighted by molar-refractivity contribution is -0.131. The molecule has 29 heavy (non-hydrogen) atoms. The predicted octanol–water partition coefficient (Wildman–Crippen LogP) is 2.62. The molecule has 2 fully saturated rings. The van der Waals surface area contributed by atoms with Crippen molar-refractivity contribution >= 4 is 18.0 Å². The molecule has 0 aliphatic carbocycles. The Bertz CT molecular complexity index is 580. The fraction of sp³-hybridized carbons (Fsp3) is 0.762. The molecule has 0 aromatic rings. The fourth-order valence-electron chi connectivity index (χ4n) is 4.21. The van der Waals surface area contributed by atoms with Crippen LogP contribution in [0.4, 0.5) is 4.79 Å². The van der Waals surface area contributed by atoms with Crippen LogP contribution in [0.15, 0.2) is 12.2 Å². The summed E-state index contributed by atoms with van der Waals surface area (Å²) in [6, 6.07) is 0. The number of fused-ring (bicyclic) bond motifs is 2. The van der Waals surface area contributed by atoms with Crippen LogP contribution in [0.3, 0.4) is 0 Å². The van der Waals surface area contributed by atoms with Crippen molar-refractivity contribution in [3.8, 4) is 0 Å². The summed E-state index contributed by atoms with van der Waals surface area (Å²) < 4.78 is 11.0. The van der Waals surface area contributed by atoms with Crippen LogP contribution in [-0.4, -0.2) is 55.0 Å². The minimum Gasteiger partial charge on any atom is -0.478 e. The Morgan fingerprint density at radius 1 is 1.10 bits per heavy atom. The van der Waals surface area contributed by atoms with E-state index in [-0.39, 0.29) is 30.6 Å². The normalized spacial score (nSPS) is 25.3. The van der Waals surface area contributed by atoms with Gasteiger partial charge >= 0.3 is 12.1 Å². The van der Waals surface area contributed by atoms with E-state index in [4.69, 9.17) is 14.6 Å². The monoisotopic (exact) mass is 410 g/mol. The van der Waals surface area contributed by atoms with E-state index in [1.54, 1.807) is 6.08 Å². The second-order valence-electron chi connectivity index (χ2n) is 7.80. The molecule has 3 N–H and O–H groups in total. The average Bonchev–Trinajstić information content (AvgIpc) is 3.29. The molecule has 0 aromatic carbocycles. The molecule has 0 unspecified atom stereocenters. The largest absolute Gasteiger partial charge is 0.478 e. The topological polar surface area (TPSA) is 114 Å². The number of allylic oxidation sites excluding steroid dienone is 1. The number of carboxylic acid groups (broad SMARTS) is 1. The number of carboxylic acids is 1. The maximum Gasteiger partial charge on any atom is 0.407 e. The van der Waals surface area contributed by atoms with Gasteiger partial charge in [0.15, 0.2) is 6.61 Å². The number of hydrogen-bond acceptors (Lipinski definition) is 5. The van der Waals surface area contributed by atoms with Crippen LogP contribution in [0.5, 0.6) is 0 Å². The van der Waals surface area contributed by atoms with E-state index in [2.05, 4.69) is 10.6 Å². The van der Waals surface area contributed by atoms with Crippen LogP contribution in [-0.2, 0) is 19.1 Å². The fourth-order valence-corrected chi connectivity index (χ4v) is 4.21. The molecule has 0 saturated carbocycles. The highest BCUT2D eigenvalue weighted by molar-refractivity contribution is 5.80. The number of alkyl carbamates (subject to hydrolysis) is 1. The van der Waals surface area contributed by atoms with Gasteiger partial charge in [0.25, 0.3) is 5.91 Å². The van der Waals surface area contributed by atoms with E-state index in [0.717, 1.165) is 51.4 Å². The van der Waals surface area contributed by atoms with Crippen molar-refractivity contribution in [3.05, 3.63) is 12.2 Å². The van der Waals surface area contributed by atoms with Crippen LogP contribution >= 0.6 is 0 Å². The summed E-state index contributed by atoms with van der Waals surface area (Å²) in [5, 5.41) is 14.1. The number of amides is 2. The van der Waals surface area contributed by atoms with Gasteiger partial charge in [-0.2, -0.15) is 0 Å². The molecule has 2 bridgehead atoms. The van der Waals surface area contributed by atoms with Crippen molar-refractivity contribution in [2.75, 3.05) is 19.7 Å². The van der Waals surface area contributed by atoms with Gasteiger partial charge in [-0.3, -0.25) is 4.79 Å². The van der Waals surface area contributed by atoms with Gasteiger partial charge in [-0.1, -0.05) is 25.8 Å². The number of aliphatic carboxylic acids is 1. The molecule has 2 amide bonds. The lowest BCUT2D eigenvalue weighted by atomic mass is 9.76. The van der Waals surface area contributed by atoms with Crippen molar-refractivity contribution in [1.82, 2.24) is 10.6 Å². The zero-order chi connectivity index (χ0) is 21.1. The number of unbranched alkanes of at least 4 members (excludes halogenated alkanes) is 3. The van der Waals surface area contributed by atoms with Crippen molar-refractivity contribution in [2.24, 2.45) is 11.8 Å². The summed E-state index contributed by atoms with van der Waals surface area (Å²) in [6.45, 7) is 2.83. The minimum absolute atomic E-state index is 0.190. The molecule has 0 aromatic heterocycles. The van der Waals surface area contributed by atoms with E-state index in [1.807, 2.05) is 6.92 Å². The highest BCUT2D eigenvalue weighted by atomic mass is 16.6. The predicted molar refractivity (Wildman–Crippen MR) is 107 cm³/mol. The Balaban J connectivity index is 1.66. The highest BCUT2D eigenvalue weighted by Gasteiger charge is 2.48. The quantitative estimate of drug-likeness (QED) is 0.318. The van der Waals surface area contributed by atoms with Crippen molar-refractivity contribution < 1.29 is 29.0 Å². The molecule has 0 radical (unpaired) electrons. The third kappa shape index (κ3) is 8.04. The number of nitrogens with one attached hydrogen (secondary N) is 2. The molecule has 8 heteroatoms. The Morgan fingerprint density at radius 3 is 2.59 bits per heavy atom. The Hall–Kier alpha value is -2.09. The smallest absolute Gasteiger partial charge is 0.407 e. The number of rotatable bonds is 13. The number of carbonyl (C=O) groups is 3. The summed E-state index contributed by atoms with van der Waals surface area (Å²) in [6.07, 6.45) is 10.4. The van der Waals surface area contributed by atoms with Gasteiger partial charge in [-0.25, -0.2) is 9.59 Å². The first-order chi connectivity index (χ1) is 14.0. The van der Waals surface area contributed by atoms with Crippen LogP contribution in [0.1, 0.15) is 58.3 Å². The van der Waals surface area contributed by atoms with Gasteiger partial charge in [-0.05, 0) is 44.4 Å². The maximum absolute atomic E-state index is 12.0. The summed E-state index contributed by atoms with van der Waals surface area (Å²) in [7, 11) is 0. The van der Waals surface area contributed by atoms with E-state index in [0.29, 0.717) is 19.0 Å². The standard InChI is InChI=1S/C21H34N2O6/c1-2-3-12-22-21(27)28-14-19(24)23-13-16-15(17-10-11-18(16)29-17)8-6-4-5-7-9-20(25)26/h7,9,15-18H,2-6,8,10-14H2,1H3,(H,22,27)(H,23,24)(H,25,26)/t15-,16+,17-,18+/m1/s1. The molecule has 4 atom stereocenters. The van der Waals surface area contributed by atoms with Gasteiger partial charge in [-0.15, -0.1) is 0 Å². The molecular weight excluding hydrogens is 376 g/mol. The zero-order valence-corrected chi connectivity index (χ0v) is 17.2. The molecule has 2 heterocycles. The lowest BCUT2D eigenvalue weighted by Gasteiger charge is -2.28. The molecule has 2 aliphatic rings. The third-order valence-electron chi connectivity index (χ3n) is 5.68. The Morgan fingerprint density at radius 2 is 1.86 bits per heavy atom. The summed E-state index contributed by atoms with van der Waals surface area (Å²) >= 11 is 0. The Labute approximate surface area is 172 Å². The van der Waals surface area contributed by atoms with E-state index in [9.17, 15) is 14.4 Å². The molecule has 8 nitrogen and oxygen atoms in total. The second-order valence-corrected chi connectivity index (χ2v) is 7.80. The molecule has 2 aliphatic heterocycles. The average molecular weight is 411 g/mol. The second kappa shape index (κ2) is 12.5. The maximum atomic E-state index is 12.0. The molecule has 164 valence electrons. The molecule has 0 spiro atoms. The van der Waals surface area contributed by atoms with Crippen LogP contribution in [0, 0.1) is 11.8 Å². The van der Waals surface area contributed by atoms with Gasteiger partial charge in [0.2, 0.25) is 0 Å². The Kier molecular flexibility index (Phi) is 9.97. The molecular formula is C21H34N2O6. The first-order valence-electron chi connectivity index (χ1n) is 10.7. The van der Waals surface area contributed by atoms with Crippen molar-refractivity contribution in [1.29, 1.82) is 0 Å². The molecule has 2 rings (SSSR count). The number of ether oxygens (including phenoxy) is 2. The van der Waals surface area contributed by atoms with E-state index >= 15 is 0 Å². The van der Waals surface area contributed by atoms with Crippen molar-refractivity contribution in [3.63, 3.8) is 0 Å².